The second kappa shape index (κ2) is 11.5. The van der Waals surface area contributed by atoms with Gasteiger partial charge in [-0.3, -0.25) is 4.79 Å². The van der Waals surface area contributed by atoms with Crippen molar-refractivity contribution in [2.24, 2.45) is 4.99 Å². The summed E-state index contributed by atoms with van der Waals surface area (Å²) in [4.78, 5) is 22.5. The fourth-order valence-corrected chi connectivity index (χ4v) is 3.36. The van der Waals surface area contributed by atoms with Gasteiger partial charge >= 0.3 is 0 Å². The molecule has 1 aliphatic rings. The molecule has 2 aromatic rings. The van der Waals surface area contributed by atoms with E-state index in [-0.39, 0.29) is 18.6 Å². The summed E-state index contributed by atoms with van der Waals surface area (Å²) in [6, 6.07) is 7.87. The van der Waals surface area contributed by atoms with Gasteiger partial charge in [0.05, 0.1) is 13.1 Å². The van der Waals surface area contributed by atoms with Gasteiger partial charge in [-0.15, -0.1) is 0 Å². The third-order valence-corrected chi connectivity index (χ3v) is 5.04. The number of aliphatic imine (C=N–C) groups is 1. The number of aromatic nitrogens is 3. The van der Waals surface area contributed by atoms with Crippen LogP contribution in [0.25, 0.3) is 0 Å². The summed E-state index contributed by atoms with van der Waals surface area (Å²) >= 11 is 0. The Kier molecular flexibility index (Phi) is 8.43. The number of aryl methyl sites for hydroxylation is 1. The lowest BCUT2D eigenvalue weighted by Crippen LogP contribution is -2.47. The average Bonchev–Trinajstić information content (AvgIpc) is 3.18. The van der Waals surface area contributed by atoms with Crippen molar-refractivity contribution in [3.8, 4) is 5.75 Å². The number of nitrogens with one attached hydrogen (secondary N) is 2. The minimum Gasteiger partial charge on any atom is -0.484 e. The molecule has 0 bridgehead atoms. The summed E-state index contributed by atoms with van der Waals surface area (Å²) in [5.74, 6) is 3.06. The highest BCUT2D eigenvalue weighted by atomic mass is 16.5. The van der Waals surface area contributed by atoms with Gasteiger partial charge in [0.25, 0.3) is 5.91 Å². The first-order valence-corrected chi connectivity index (χ1v) is 10.9. The van der Waals surface area contributed by atoms with Crippen LogP contribution in [0.4, 0.5) is 0 Å². The Balaban J connectivity index is 1.59. The van der Waals surface area contributed by atoms with Crippen LogP contribution in [-0.4, -0.2) is 71.9 Å². The number of methoxy groups -OCH3 is 1. The first-order chi connectivity index (χ1) is 15.5. The third kappa shape index (κ3) is 6.68. The number of rotatable bonds is 9. The number of ether oxygens (including phenoxy) is 2. The highest BCUT2D eigenvalue weighted by Crippen LogP contribution is 2.15. The SMILES string of the molecule is CCNC(=NCc1cccc(OCC(=O)N(C)C)c1)NC1CCc2nc(COC)nn2C1. The van der Waals surface area contributed by atoms with Gasteiger partial charge in [-0.2, -0.15) is 5.10 Å². The molecule has 0 radical (unpaired) electrons. The molecule has 0 saturated carbocycles. The Morgan fingerprint density at radius 1 is 1.38 bits per heavy atom. The van der Waals surface area contributed by atoms with E-state index < -0.39 is 0 Å². The number of fused-ring (bicyclic) bond motifs is 1. The quantitative estimate of drug-likeness (QED) is 0.439. The number of likely N-dealkylation sites (N-methyl/N-ethyl adjacent to an activating group) is 1. The molecular formula is C22H33N7O3. The van der Waals surface area contributed by atoms with Gasteiger partial charge in [-0.25, -0.2) is 14.7 Å². The normalized spacial score (nSPS) is 15.8. The minimum atomic E-state index is -0.0792. The topological polar surface area (TPSA) is 106 Å². The van der Waals surface area contributed by atoms with Crippen LogP contribution in [0.5, 0.6) is 5.75 Å². The summed E-state index contributed by atoms with van der Waals surface area (Å²) in [6.07, 6.45) is 1.82. The van der Waals surface area contributed by atoms with Crippen molar-refractivity contribution in [1.29, 1.82) is 0 Å². The maximum Gasteiger partial charge on any atom is 0.259 e. The molecule has 0 aliphatic carbocycles. The summed E-state index contributed by atoms with van der Waals surface area (Å²) in [7, 11) is 5.07. The standard InChI is InChI=1S/C22H33N7O3/c1-5-23-22(25-17-9-10-20-26-19(14-31-4)27-29(20)13-17)24-12-16-7-6-8-18(11-16)32-15-21(30)28(2)3/h6-8,11,17H,5,9-10,12-15H2,1-4H3,(H2,23,24,25). The van der Waals surface area contributed by atoms with E-state index in [4.69, 9.17) is 14.5 Å². The number of carbonyl (C=O) groups is 1. The highest BCUT2D eigenvalue weighted by molar-refractivity contribution is 5.80. The lowest BCUT2D eigenvalue weighted by Gasteiger charge is -2.25. The summed E-state index contributed by atoms with van der Waals surface area (Å²) in [6.45, 7) is 4.48. The van der Waals surface area contributed by atoms with Crippen LogP contribution in [0.2, 0.25) is 0 Å². The van der Waals surface area contributed by atoms with Crippen molar-refractivity contribution in [2.45, 2.75) is 45.5 Å². The third-order valence-electron chi connectivity index (χ3n) is 5.04. The molecule has 2 N–H and O–H groups in total. The second-order valence-electron chi connectivity index (χ2n) is 7.86. The smallest absolute Gasteiger partial charge is 0.259 e. The lowest BCUT2D eigenvalue weighted by molar-refractivity contribution is -0.130. The van der Waals surface area contributed by atoms with Gasteiger partial charge in [0.15, 0.2) is 18.4 Å². The molecular weight excluding hydrogens is 410 g/mol. The van der Waals surface area contributed by atoms with Crippen molar-refractivity contribution in [3.05, 3.63) is 41.5 Å². The van der Waals surface area contributed by atoms with E-state index in [1.54, 1.807) is 21.2 Å². The first-order valence-electron chi connectivity index (χ1n) is 10.9. The molecule has 2 heterocycles. The van der Waals surface area contributed by atoms with Gasteiger partial charge in [-0.05, 0) is 31.0 Å². The second-order valence-corrected chi connectivity index (χ2v) is 7.86. The van der Waals surface area contributed by atoms with E-state index >= 15 is 0 Å². The zero-order chi connectivity index (χ0) is 22.9. The highest BCUT2D eigenvalue weighted by Gasteiger charge is 2.22. The molecule has 1 aromatic heterocycles. The Bertz CT molecular complexity index is 926. The molecule has 10 nitrogen and oxygen atoms in total. The average molecular weight is 444 g/mol. The van der Waals surface area contributed by atoms with Crippen LogP contribution in [0.3, 0.4) is 0 Å². The molecule has 0 fully saturated rings. The van der Waals surface area contributed by atoms with E-state index in [0.29, 0.717) is 18.9 Å². The molecule has 3 rings (SSSR count). The summed E-state index contributed by atoms with van der Waals surface area (Å²) < 4.78 is 12.7. The molecule has 32 heavy (non-hydrogen) atoms. The van der Waals surface area contributed by atoms with E-state index in [1.807, 2.05) is 35.9 Å². The molecule has 0 saturated heterocycles. The van der Waals surface area contributed by atoms with Crippen molar-refractivity contribution in [2.75, 3.05) is 34.4 Å². The van der Waals surface area contributed by atoms with Crippen molar-refractivity contribution in [3.63, 3.8) is 0 Å². The van der Waals surface area contributed by atoms with Gasteiger partial charge in [0, 0.05) is 40.2 Å². The van der Waals surface area contributed by atoms with E-state index in [2.05, 4.69) is 20.7 Å². The van der Waals surface area contributed by atoms with Crippen LogP contribution in [0.15, 0.2) is 29.3 Å². The Morgan fingerprint density at radius 3 is 2.97 bits per heavy atom. The molecule has 1 aliphatic heterocycles. The minimum absolute atomic E-state index is 0.0158. The Hall–Kier alpha value is -3.14. The molecule has 174 valence electrons. The predicted octanol–water partition coefficient (Wildman–Crippen LogP) is 0.962. The largest absolute Gasteiger partial charge is 0.484 e. The maximum atomic E-state index is 11.7. The molecule has 1 amide bonds. The Labute approximate surface area is 189 Å². The van der Waals surface area contributed by atoms with Crippen LogP contribution in [0, 0.1) is 0 Å². The van der Waals surface area contributed by atoms with Crippen LogP contribution in [-0.2, 0) is 35.6 Å². The fourth-order valence-electron chi connectivity index (χ4n) is 3.36. The molecule has 1 atom stereocenters. The number of amides is 1. The first kappa shape index (κ1) is 23.5. The van der Waals surface area contributed by atoms with E-state index in [9.17, 15) is 4.79 Å². The van der Waals surface area contributed by atoms with Crippen molar-refractivity contribution in [1.82, 2.24) is 30.3 Å². The number of hydrogen-bond acceptors (Lipinski definition) is 6. The zero-order valence-corrected chi connectivity index (χ0v) is 19.3. The number of guanidine groups is 1. The number of benzene rings is 1. The van der Waals surface area contributed by atoms with Crippen LogP contribution in [0.1, 0.15) is 30.6 Å². The molecule has 1 aromatic carbocycles. The Morgan fingerprint density at radius 2 is 2.22 bits per heavy atom. The number of carbonyl (C=O) groups excluding carboxylic acids is 1. The predicted molar refractivity (Wildman–Crippen MR) is 121 cm³/mol. The number of nitrogens with zero attached hydrogens (tertiary/aromatic N) is 5. The van der Waals surface area contributed by atoms with Gasteiger partial charge in [0.2, 0.25) is 0 Å². The molecule has 10 heteroatoms. The van der Waals surface area contributed by atoms with Gasteiger partial charge < -0.3 is 25.0 Å². The van der Waals surface area contributed by atoms with Crippen molar-refractivity contribution >= 4 is 11.9 Å². The summed E-state index contributed by atoms with van der Waals surface area (Å²) in [5, 5.41) is 11.4. The monoisotopic (exact) mass is 443 g/mol. The number of hydrogen-bond donors (Lipinski definition) is 2. The van der Waals surface area contributed by atoms with Gasteiger partial charge in [-0.1, -0.05) is 12.1 Å². The zero-order valence-electron chi connectivity index (χ0n) is 19.3. The maximum absolute atomic E-state index is 11.7. The van der Waals surface area contributed by atoms with Gasteiger partial charge in [0.1, 0.15) is 18.2 Å². The lowest BCUT2D eigenvalue weighted by atomic mass is 10.1. The van der Waals surface area contributed by atoms with E-state index in [0.717, 1.165) is 49.1 Å². The van der Waals surface area contributed by atoms with Crippen LogP contribution >= 0.6 is 0 Å². The van der Waals surface area contributed by atoms with E-state index in [1.165, 1.54) is 4.90 Å². The van der Waals surface area contributed by atoms with Crippen molar-refractivity contribution < 1.29 is 14.3 Å². The molecule has 0 spiro atoms. The van der Waals surface area contributed by atoms with Crippen LogP contribution < -0.4 is 15.4 Å². The molecule has 1 unspecified atom stereocenters. The summed E-state index contributed by atoms with van der Waals surface area (Å²) in [5.41, 5.74) is 1.00. The fraction of sp³-hybridized carbons (Fsp3) is 0.545.